The molecule has 1 aliphatic rings. The molecule has 26 heavy (non-hydrogen) atoms. The molecule has 0 atom stereocenters. The molecule has 134 valence electrons. The minimum absolute atomic E-state index is 0.104. The predicted octanol–water partition coefficient (Wildman–Crippen LogP) is 4.75. The van der Waals surface area contributed by atoms with Crippen molar-refractivity contribution < 1.29 is 13.6 Å². The number of halogens is 1. The molecule has 6 heteroatoms. The zero-order chi connectivity index (χ0) is 21.0. The van der Waals surface area contributed by atoms with Gasteiger partial charge < -0.3 is 9.64 Å². The Morgan fingerprint density at radius 3 is 2.81 bits per heavy atom. The van der Waals surface area contributed by atoms with Gasteiger partial charge in [0.15, 0.2) is 0 Å². The average molecular weight is 373 g/mol. The molecule has 1 fully saturated rings. The van der Waals surface area contributed by atoms with Crippen LogP contribution in [0.5, 0.6) is 5.75 Å². The summed E-state index contributed by atoms with van der Waals surface area (Å²) in [6.07, 6.45) is 5.07. The molecule has 1 aromatic heterocycles. The highest BCUT2D eigenvalue weighted by atomic mass is 35.5. The maximum Gasteiger partial charge on any atom is 0.255 e. The van der Waals surface area contributed by atoms with Gasteiger partial charge in [0.25, 0.3) is 5.91 Å². The Morgan fingerprint density at radius 2 is 2.19 bits per heavy atom. The van der Waals surface area contributed by atoms with E-state index < -0.39 is 18.9 Å². The third-order valence-corrected chi connectivity index (χ3v) is 4.78. The molecule has 1 aliphatic carbocycles. The molecule has 1 saturated carbocycles. The first-order valence-electron chi connectivity index (χ1n) is 9.87. The molecule has 5 nitrogen and oxygen atoms in total. The summed E-state index contributed by atoms with van der Waals surface area (Å²) < 4.78 is 29.5. The van der Waals surface area contributed by atoms with Crippen LogP contribution >= 0.6 is 11.6 Å². The number of rotatable bonds is 4. The molecule has 0 saturated heterocycles. The summed E-state index contributed by atoms with van der Waals surface area (Å²) in [5, 5.41) is 0.335. The van der Waals surface area contributed by atoms with E-state index in [0.29, 0.717) is 42.1 Å². The van der Waals surface area contributed by atoms with E-state index in [1.165, 1.54) is 12.4 Å². The van der Waals surface area contributed by atoms with Gasteiger partial charge in [-0.2, -0.15) is 0 Å². The van der Waals surface area contributed by atoms with E-state index >= 15 is 0 Å². The zero-order valence-corrected chi connectivity index (χ0v) is 14.8. The van der Waals surface area contributed by atoms with Crippen molar-refractivity contribution in [1.82, 2.24) is 9.88 Å². The monoisotopic (exact) mass is 372 g/mol. The fourth-order valence-corrected chi connectivity index (χ4v) is 3.27. The molecular weight excluding hydrogens is 350 g/mol. The molecule has 1 aromatic carbocycles. The highest BCUT2D eigenvalue weighted by Gasteiger charge is 2.28. The minimum atomic E-state index is -2.53. The summed E-state index contributed by atoms with van der Waals surface area (Å²) in [4.78, 5) is 21.1. The highest BCUT2D eigenvalue weighted by molar-refractivity contribution is 6.33. The first kappa shape index (κ1) is 14.6. The number of pyridine rings is 1. The maximum atomic E-state index is 12.8. The van der Waals surface area contributed by atoms with Crippen molar-refractivity contribution in [1.29, 1.82) is 0 Å². The van der Waals surface area contributed by atoms with E-state index in [9.17, 15) is 4.79 Å². The smallest absolute Gasteiger partial charge is 0.255 e. The van der Waals surface area contributed by atoms with Crippen molar-refractivity contribution in [2.45, 2.75) is 37.8 Å². The van der Waals surface area contributed by atoms with Crippen molar-refractivity contribution in [3.05, 3.63) is 64.7 Å². The van der Waals surface area contributed by atoms with E-state index in [2.05, 4.69) is 9.83 Å². The number of aromatic nitrogens is 1. The number of carbonyl (C=O) groups excluding carboxylic acids is 1. The second-order valence-electron chi connectivity index (χ2n) is 6.19. The quantitative estimate of drug-likeness (QED) is 0.728. The predicted molar refractivity (Wildman–Crippen MR) is 101 cm³/mol. The lowest BCUT2D eigenvalue weighted by Crippen LogP contribution is -2.41. The van der Waals surface area contributed by atoms with Gasteiger partial charge in [-0.05, 0) is 49.9 Å². The van der Waals surface area contributed by atoms with Gasteiger partial charge in [0.05, 0.1) is 23.3 Å². The molecule has 0 unspecified atom stereocenters. The van der Waals surface area contributed by atoms with E-state index in [1.54, 1.807) is 30.3 Å². The van der Waals surface area contributed by atoms with Crippen molar-refractivity contribution in [3.8, 4) is 5.75 Å². The number of hydrogen-bond acceptors (Lipinski definition) is 3. The van der Waals surface area contributed by atoms with Gasteiger partial charge in [-0.25, -0.2) is 4.85 Å². The van der Waals surface area contributed by atoms with Crippen LogP contribution in [0, 0.1) is 6.57 Å². The van der Waals surface area contributed by atoms with E-state index in [4.69, 9.17) is 27.0 Å². The zero-order valence-electron chi connectivity index (χ0n) is 17.1. The van der Waals surface area contributed by atoms with Crippen LogP contribution in [0.4, 0.5) is 5.69 Å². The van der Waals surface area contributed by atoms with E-state index in [0.717, 1.165) is 4.90 Å². The number of hydrogen-bond donors (Lipinski definition) is 0. The average Bonchev–Trinajstić information content (AvgIpc) is 2.69. The van der Waals surface area contributed by atoms with Crippen LogP contribution in [0.2, 0.25) is 5.02 Å². The minimum Gasteiger partial charge on any atom is -0.490 e. The van der Waals surface area contributed by atoms with Crippen LogP contribution < -0.4 is 4.74 Å². The molecule has 0 aliphatic heterocycles. The molecule has 0 bridgehead atoms. The SMILES string of the molecule is [2H]C([2H])([2H])N(C(=O)c1cccnc1)C1CCC(Oc2ccc([N+]#[C-])c(Cl)c2)CC1. The summed E-state index contributed by atoms with van der Waals surface area (Å²) in [5.41, 5.74) is 0.626. The number of amides is 1. The molecular formula is C20H20ClN3O2. The topological polar surface area (TPSA) is 46.8 Å². The van der Waals surface area contributed by atoms with E-state index in [-0.39, 0.29) is 11.7 Å². The lowest BCUT2D eigenvalue weighted by atomic mass is 9.91. The summed E-state index contributed by atoms with van der Waals surface area (Å²) >= 11 is 6.05. The van der Waals surface area contributed by atoms with Gasteiger partial charge >= 0.3 is 0 Å². The number of nitrogens with zero attached hydrogens (tertiary/aromatic N) is 3. The van der Waals surface area contributed by atoms with Crippen LogP contribution in [0.1, 0.15) is 40.2 Å². The second kappa shape index (κ2) is 8.20. The number of ether oxygens (including phenoxy) is 1. The molecule has 3 rings (SSSR count). The standard InChI is InChI=1S/C20H20ClN3O2/c1-22-19-10-9-17(12-18(19)21)26-16-7-5-15(6-8-16)24(2)20(25)14-4-3-11-23-13-14/h3-4,9-13,15-16H,5-8H2,2H3/i2D3. The second-order valence-corrected chi connectivity index (χ2v) is 6.60. The summed E-state index contributed by atoms with van der Waals surface area (Å²) in [7, 11) is 0. The number of carbonyl (C=O) groups is 1. The molecule has 1 amide bonds. The molecule has 0 spiro atoms. The summed E-state index contributed by atoms with van der Waals surface area (Å²) in [6, 6.07) is 7.70. The van der Waals surface area contributed by atoms with Crippen molar-refractivity contribution in [2.24, 2.45) is 0 Å². The van der Waals surface area contributed by atoms with Crippen LogP contribution in [0.25, 0.3) is 4.85 Å². The van der Waals surface area contributed by atoms with Gasteiger partial charge in [0, 0.05) is 29.5 Å². The van der Waals surface area contributed by atoms with Gasteiger partial charge in [-0.1, -0.05) is 17.7 Å². The Bertz CT molecular complexity index is 907. The Kier molecular flexibility index (Phi) is 4.60. The van der Waals surface area contributed by atoms with Crippen molar-refractivity contribution in [2.75, 3.05) is 6.98 Å². The largest absolute Gasteiger partial charge is 0.490 e. The fraction of sp³-hybridized carbons (Fsp3) is 0.350. The molecule has 0 radical (unpaired) electrons. The number of benzene rings is 1. The molecule has 2 aromatic rings. The summed E-state index contributed by atoms with van der Waals surface area (Å²) in [6.45, 7) is 4.50. The van der Waals surface area contributed by atoms with Crippen molar-refractivity contribution >= 4 is 23.2 Å². The van der Waals surface area contributed by atoms with Crippen LogP contribution in [-0.2, 0) is 0 Å². The first-order valence-corrected chi connectivity index (χ1v) is 8.74. The first-order chi connectivity index (χ1) is 13.8. The Morgan fingerprint density at radius 1 is 1.38 bits per heavy atom. The Balaban J connectivity index is 1.66. The van der Waals surface area contributed by atoms with Gasteiger partial charge in [-0.15, -0.1) is 0 Å². The van der Waals surface area contributed by atoms with Crippen molar-refractivity contribution in [3.63, 3.8) is 0 Å². The maximum absolute atomic E-state index is 12.8. The van der Waals surface area contributed by atoms with Crippen LogP contribution in [0.15, 0.2) is 42.7 Å². The normalized spacial score (nSPS) is 21.6. The third-order valence-electron chi connectivity index (χ3n) is 4.48. The van der Waals surface area contributed by atoms with Gasteiger partial charge in [0.2, 0.25) is 5.69 Å². The molecule has 0 N–H and O–H groups in total. The Labute approximate surface area is 162 Å². The summed E-state index contributed by atoms with van der Waals surface area (Å²) in [5.74, 6) is 0.0361. The van der Waals surface area contributed by atoms with Crippen LogP contribution in [-0.4, -0.2) is 34.9 Å². The highest BCUT2D eigenvalue weighted by Crippen LogP contribution is 2.32. The lowest BCUT2D eigenvalue weighted by molar-refractivity contribution is 0.0609. The van der Waals surface area contributed by atoms with E-state index in [1.807, 2.05) is 0 Å². The fourth-order valence-electron chi connectivity index (χ4n) is 3.06. The van der Waals surface area contributed by atoms with Crippen LogP contribution in [0.3, 0.4) is 0 Å². The Hall–Kier alpha value is -2.58. The molecule has 1 heterocycles. The lowest BCUT2D eigenvalue weighted by Gasteiger charge is -2.34. The third kappa shape index (κ3) is 4.14. The van der Waals surface area contributed by atoms with Gasteiger partial charge in [-0.3, -0.25) is 9.78 Å². The van der Waals surface area contributed by atoms with Gasteiger partial charge in [0.1, 0.15) is 5.75 Å².